The van der Waals surface area contributed by atoms with Crippen molar-refractivity contribution in [2.24, 2.45) is 0 Å². The van der Waals surface area contributed by atoms with Crippen LogP contribution in [0.1, 0.15) is 44.7 Å². The fourth-order valence-corrected chi connectivity index (χ4v) is 5.58. The Morgan fingerprint density at radius 1 is 0.787 bits per heavy atom. The third-order valence-corrected chi connectivity index (χ3v) is 7.43. The molecule has 0 aromatic heterocycles. The number of benzene rings is 2. The van der Waals surface area contributed by atoms with E-state index in [4.69, 9.17) is 28.4 Å². The summed E-state index contributed by atoms with van der Waals surface area (Å²) in [5.74, 6) is -4.65. The predicted octanol–water partition coefficient (Wildman–Crippen LogP) is 1.65. The molecule has 2 aromatic carbocycles. The van der Waals surface area contributed by atoms with E-state index in [1.807, 2.05) is 48.5 Å². The number of ether oxygens (including phenoxy) is 6. The van der Waals surface area contributed by atoms with Crippen molar-refractivity contribution in [3.63, 3.8) is 0 Å². The van der Waals surface area contributed by atoms with Crippen LogP contribution >= 0.6 is 0 Å². The fourth-order valence-electron chi connectivity index (χ4n) is 5.58. The Bertz CT molecular complexity index is 1470. The van der Waals surface area contributed by atoms with Gasteiger partial charge in [0.05, 0.1) is 6.61 Å². The Labute approximate surface area is 269 Å². The normalized spacial score (nSPS) is 22.1. The molecule has 0 unspecified atom stereocenters. The first kappa shape index (κ1) is 34.8. The van der Waals surface area contributed by atoms with Crippen molar-refractivity contribution in [3.8, 4) is 11.1 Å². The average molecular weight is 657 g/mol. The molecule has 15 heteroatoms. The molecule has 4 rings (SSSR count). The van der Waals surface area contributed by atoms with Crippen LogP contribution in [0.2, 0.25) is 0 Å². The molecule has 2 aromatic rings. The molecule has 6 atom stereocenters. The summed E-state index contributed by atoms with van der Waals surface area (Å²) >= 11 is 0. The van der Waals surface area contributed by atoms with Gasteiger partial charge >= 0.3 is 30.0 Å². The van der Waals surface area contributed by atoms with E-state index in [0.717, 1.165) is 49.9 Å². The Hall–Kier alpha value is -5.02. The van der Waals surface area contributed by atoms with Crippen LogP contribution < -0.4 is 10.6 Å². The molecule has 3 N–H and O–H groups in total. The molecule has 1 fully saturated rings. The number of amides is 2. The van der Waals surface area contributed by atoms with Crippen molar-refractivity contribution in [1.82, 2.24) is 10.6 Å². The van der Waals surface area contributed by atoms with Crippen molar-refractivity contribution >= 4 is 35.9 Å². The van der Waals surface area contributed by atoms with Crippen molar-refractivity contribution in [2.45, 2.75) is 70.3 Å². The van der Waals surface area contributed by atoms with Crippen LogP contribution in [-0.4, -0.2) is 97.5 Å². The molecule has 0 spiro atoms. The SMILES string of the molecule is CC(=O)N[C@H]1[C@H](OC[C@H](NC(=O)OCC2c3ccccc3-c3ccccc32)C(=O)O)O[C@H](COC(C)=O)[C@H](OC(C)=O)[C@H]1OC(C)=O. The molecule has 252 valence electrons. The maximum atomic E-state index is 12.8. The van der Waals surface area contributed by atoms with Gasteiger partial charge in [0.1, 0.15) is 25.4 Å². The van der Waals surface area contributed by atoms with Crippen LogP contribution in [0.25, 0.3) is 11.1 Å². The summed E-state index contributed by atoms with van der Waals surface area (Å²) in [6.07, 6.45) is -6.58. The minimum absolute atomic E-state index is 0.0666. The molecule has 1 heterocycles. The monoisotopic (exact) mass is 656 g/mol. The van der Waals surface area contributed by atoms with Gasteiger partial charge in [0.2, 0.25) is 5.91 Å². The van der Waals surface area contributed by atoms with E-state index in [0.29, 0.717) is 0 Å². The first-order chi connectivity index (χ1) is 22.3. The fraction of sp³-hybridized carbons (Fsp3) is 0.438. The van der Waals surface area contributed by atoms with Crippen LogP contribution in [0.15, 0.2) is 48.5 Å². The van der Waals surface area contributed by atoms with Crippen LogP contribution in [0, 0.1) is 0 Å². The van der Waals surface area contributed by atoms with Gasteiger partial charge < -0.3 is 44.2 Å². The zero-order chi connectivity index (χ0) is 34.2. The zero-order valence-electron chi connectivity index (χ0n) is 26.1. The Morgan fingerprint density at radius 2 is 1.36 bits per heavy atom. The van der Waals surface area contributed by atoms with Gasteiger partial charge in [0.25, 0.3) is 0 Å². The molecule has 1 aliphatic heterocycles. The van der Waals surface area contributed by atoms with Crippen molar-refractivity contribution in [1.29, 1.82) is 0 Å². The minimum atomic E-state index is -1.66. The number of aliphatic carboxylic acids is 1. The van der Waals surface area contributed by atoms with Crippen LogP contribution in [0.5, 0.6) is 0 Å². The lowest BCUT2D eigenvalue weighted by Gasteiger charge is -2.45. The van der Waals surface area contributed by atoms with Gasteiger partial charge in [-0.05, 0) is 22.3 Å². The van der Waals surface area contributed by atoms with Gasteiger partial charge in [0.15, 0.2) is 24.5 Å². The van der Waals surface area contributed by atoms with Gasteiger partial charge in [-0.3, -0.25) is 19.2 Å². The summed E-state index contributed by atoms with van der Waals surface area (Å²) in [4.78, 5) is 72.6. The third kappa shape index (κ3) is 8.83. The zero-order valence-corrected chi connectivity index (χ0v) is 26.1. The number of hydrogen-bond acceptors (Lipinski definition) is 12. The summed E-state index contributed by atoms with van der Waals surface area (Å²) in [6.45, 7) is 3.23. The minimum Gasteiger partial charge on any atom is -0.480 e. The lowest BCUT2D eigenvalue weighted by atomic mass is 9.96. The topological polar surface area (TPSA) is 202 Å². The molecule has 1 saturated heterocycles. The summed E-state index contributed by atoms with van der Waals surface area (Å²) in [7, 11) is 0. The lowest BCUT2D eigenvalue weighted by Crippen LogP contribution is -2.67. The first-order valence-electron chi connectivity index (χ1n) is 14.7. The number of hydrogen-bond donors (Lipinski definition) is 3. The van der Waals surface area contributed by atoms with Gasteiger partial charge in [-0.25, -0.2) is 9.59 Å². The first-order valence-corrected chi connectivity index (χ1v) is 14.7. The van der Waals surface area contributed by atoms with E-state index in [1.165, 1.54) is 0 Å². The molecule has 1 aliphatic carbocycles. The van der Waals surface area contributed by atoms with Crippen molar-refractivity contribution in [3.05, 3.63) is 59.7 Å². The second-order valence-corrected chi connectivity index (χ2v) is 10.9. The van der Waals surface area contributed by atoms with Gasteiger partial charge in [-0.15, -0.1) is 0 Å². The molecule has 0 radical (unpaired) electrons. The van der Waals surface area contributed by atoms with Crippen LogP contribution in [0.3, 0.4) is 0 Å². The second-order valence-electron chi connectivity index (χ2n) is 10.9. The third-order valence-electron chi connectivity index (χ3n) is 7.43. The standard InChI is InChI=1S/C32H36N2O13/c1-16(35)33-27-29(46-19(4)38)28(45-18(3)37)26(15-42-17(2)36)47-31(27)43-14-25(30(39)40)34-32(41)44-13-24-22-11-7-5-9-20(22)21-10-6-8-12-23(21)24/h5-12,24-29,31H,13-15H2,1-4H3,(H,33,35)(H,34,41)(H,39,40)/t25-,26+,27+,28-,29-,31+/m0/s1. The maximum absolute atomic E-state index is 12.8. The van der Waals surface area contributed by atoms with Gasteiger partial charge in [-0.1, -0.05) is 48.5 Å². The highest BCUT2D eigenvalue weighted by atomic mass is 16.7. The molecule has 0 saturated carbocycles. The van der Waals surface area contributed by atoms with Gasteiger partial charge in [0, 0.05) is 33.6 Å². The smallest absolute Gasteiger partial charge is 0.407 e. The number of carboxylic acids is 1. The van der Waals surface area contributed by atoms with Gasteiger partial charge in [-0.2, -0.15) is 0 Å². The molecule has 0 bridgehead atoms. The van der Waals surface area contributed by atoms with E-state index in [-0.39, 0.29) is 12.5 Å². The van der Waals surface area contributed by atoms with E-state index in [1.54, 1.807) is 0 Å². The number of carbonyl (C=O) groups excluding carboxylic acids is 5. The number of carboxylic acid groups (broad SMARTS) is 1. The summed E-state index contributed by atoms with van der Waals surface area (Å²) in [6, 6.07) is 12.5. The molecule has 2 amide bonds. The number of nitrogens with one attached hydrogen (secondary N) is 2. The lowest BCUT2D eigenvalue weighted by molar-refractivity contribution is -0.278. The van der Waals surface area contributed by atoms with Crippen molar-refractivity contribution < 1.29 is 62.3 Å². The molecule has 47 heavy (non-hydrogen) atoms. The van der Waals surface area contributed by atoms with Crippen molar-refractivity contribution in [2.75, 3.05) is 19.8 Å². The van der Waals surface area contributed by atoms with E-state index < -0.39 is 85.8 Å². The second kappa shape index (κ2) is 15.5. The number of esters is 3. The highest BCUT2D eigenvalue weighted by Crippen LogP contribution is 2.44. The summed E-state index contributed by atoms with van der Waals surface area (Å²) < 4.78 is 32.8. The molecular formula is C32H36N2O13. The number of alkyl carbamates (subject to hydrolysis) is 1. The maximum Gasteiger partial charge on any atom is 0.407 e. The highest BCUT2D eigenvalue weighted by Gasteiger charge is 2.51. The average Bonchev–Trinajstić information content (AvgIpc) is 3.32. The summed E-state index contributed by atoms with van der Waals surface area (Å²) in [5, 5.41) is 14.6. The van der Waals surface area contributed by atoms with E-state index in [9.17, 15) is 33.9 Å². The van der Waals surface area contributed by atoms with E-state index in [2.05, 4.69) is 10.6 Å². The largest absolute Gasteiger partial charge is 0.480 e. The van der Waals surface area contributed by atoms with Crippen LogP contribution in [-0.2, 0) is 52.4 Å². The number of rotatable bonds is 12. The predicted molar refractivity (Wildman–Crippen MR) is 160 cm³/mol. The Morgan fingerprint density at radius 3 is 1.89 bits per heavy atom. The quantitative estimate of drug-likeness (QED) is 0.220. The van der Waals surface area contributed by atoms with E-state index >= 15 is 0 Å². The molecule has 15 nitrogen and oxygen atoms in total. The van der Waals surface area contributed by atoms with Crippen LogP contribution in [0.4, 0.5) is 4.79 Å². The Balaban J connectivity index is 1.48. The highest BCUT2D eigenvalue weighted by molar-refractivity contribution is 5.81. The Kier molecular flexibility index (Phi) is 11.5. The molecule has 2 aliphatic rings. The molecular weight excluding hydrogens is 620 g/mol. The number of fused-ring (bicyclic) bond motifs is 3. The summed E-state index contributed by atoms with van der Waals surface area (Å²) in [5.41, 5.74) is 3.97. The number of carbonyl (C=O) groups is 6.